The van der Waals surface area contributed by atoms with E-state index >= 15 is 4.39 Å². The zero-order valence-corrected chi connectivity index (χ0v) is 37.7. The fourth-order valence-corrected chi connectivity index (χ4v) is 10.2. The summed E-state index contributed by atoms with van der Waals surface area (Å²) in [6.07, 6.45) is -0.463. The number of cyclic esters (lactones) is 1. The molecular formula is C46H68FN3O10. The number of Topliss-reactive ketones (excluding diaryl/α,β-unsaturated/α-hetero) is 2. The first-order valence-corrected chi connectivity index (χ1v) is 21.7. The highest BCUT2D eigenvalue weighted by Gasteiger charge is 2.62. The number of alkyl halides is 1. The lowest BCUT2D eigenvalue weighted by molar-refractivity contribution is -0.354. The number of fused-ring (bicyclic) bond motifs is 2. The number of esters is 1. The lowest BCUT2D eigenvalue weighted by Crippen LogP contribution is -2.65. The number of hydrogen-bond acceptors (Lipinski definition) is 12. The Balaban J connectivity index is 1.51. The highest BCUT2D eigenvalue weighted by molar-refractivity contribution is 6.08. The summed E-state index contributed by atoms with van der Waals surface area (Å²) in [6.45, 7) is 17.1. The molecule has 5 rings (SSSR count). The number of carbonyl (C=O) groups excluding carboxylic acids is 4. The Bertz CT molecular complexity index is 1870. The molecule has 0 aliphatic carbocycles. The van der Waals surface area contributed by atoms with Gasteiger partial charge >= 0.3 is 12.1 Å². The van der Waals surface area contributed by atoms with Crippen LogP contribution in [0.5, 0.6) is 0 Å². The van der Waals surface area contributed by atoms with Crippen LogP contribution in [0.1, 0.15) is 107 Å². The molecule has 3 aliphatic rings. The molecule has 334 valence electrons. The summed E-state index contributed by atoms with van der Waals surface area (Å²) in [7, 11) is 3.30. The van der Waals surface area contributed by atoms with Gasteiger partial charge in [0, 0.05) is 49.0 Å². The van der Waals surface area contributed by atoms with Gasteiger partial charge in [0.05, 0.1) is 29.4 Å². The SMILES string of the molecule is CC[C@H]1OC(=O)[C@@](C)(F)C(=O)[C@H](C)[C@@H](O[C@]2(C)O[C@H](C)C[C@H](N(C)CC)[C@H]2O)[C@](C)(OC)C[C@@H](C)C(=O)[C@H](C)[C@H]2N(CCCCc3cccc4cccnc34)C(=O)O[C@]12C. The first kappa shape index (κ1) is 47.5. The molecule has 4 heterocycles. The number of rotatable bonds is 11. The van der Waals surface area contributed by atoms with E-state index in [9.17, 15) is 24.3 Å². The Morgan fingerprint density at radius 2 is 1.68 bits per heavy atom. The van der Waals surface area contributed by atoms with E-state index in [1.807, 2.05) is 56.1 Å². The summed E-state index contributed by atoms with van der Waals surface area (Å²) in [5.74, 6) is -7.49. The van der Waals surface area contributed by atoms with Crippen molar-refractivity contribution >= 4 is 34.5 Å². The maximum absolute atomic E-state index is 17.0. The van der Waals surface area contributed by atoms with Gasteiger partial charge in [0.1, 0.15) is 18.0 Å². The first-order chi connectivity index (χ1) is 28.1. The molecule has 0 spiro atoms. The molecule has 3 fully saturated rings. The van der Waals surface area contributed by atoms with Crippen LogP contribution in [0.2, 0.25) is 0 Å². The van der Waals surface area contributed by atoms with Gasteiger partial charge in [-0.3, -0.25) is 14.6 Å². The van der Waals surface area contributed by atoms with Crippen LogP contribution >= 0.6 is 0 Å². The number of ether oxygens (including phenoxy) is 5. The minimum Gasteiger partial charge on any atom is -0.455 e. The van der Waals surface area contributed by atoms with E-state index in [4.69, 9.17) is 23.7 Å². The van der Waals surface area contributed by atoms with Crippen molar-refractivity contribution in [2.24, 2.45) is 17.8 Å². The van der Waals surface area contributed by atoms with Crippen LogP contribution in [-0.4, -0.2) is 130 Å². The van der Waals surface area contributed by atoms with E-state index in [2.05, 4.69) is 4.98 Å². The normalized spacial score (nSPS) is 38.5. The van der Waals surface area contributed by atoms with E-state index in [0.717, 1.165) is 23.4 Å². The number of para-hydroxylation sites is 1. The molecule has 1 N–H and O–H groups in total. The number of aromatic nitrogens is 1. The number of aryl methyl sites for hydroxylation is 1. The number of ketones is 2. The molecule has 13 nitrogen and oxygen atoms in total. The second-order valence-electron chi connectivity index (χ2n) is 18.2. The summed E-state index contributed by atoms with van der Waals surface area (Å²) in [5.41, 5.74) is -4.24. The summed E-state index contributed by atoms with van der Waals surface area (Å²) >= 11 is 0. The van der Waals surface area contributed by atoms with Crippen LogP contribution in [0.15, 0.2) is 36.5 Å². The van der Waals surface area contributed by atoms with Crippen molar-refractivity contribution < 1.29 is 52.4 Å². The van der Waals surface area contributed by atoms with Gasteiger partial charge < -0.3 is 38.6 Å². The number of hydrogen-bond donors (Lipinski definition) is 1. The summed E-state index contributed by atoms with van der Waals surface area (Å²) in [5, 5.41) is 12.8. The minimum absolute atomic E-state index is 0.00304. The van der Waals surface area contributed by atoms with Crippen molar-refractivity contribution in [1.82, 2.24) is 14.8 Å². The van der Waals surface area contributed by atoms with Crippen LogP contribution in [0, 0.1) is 17.8 Å². The zero-order chi connectivity index (χ0) is 44.5. The number of benzene rings is 1. The van der Waals surface area contributed by atoms with Crippen molar-refractivity contribution in [3.05, 3.63) is 42.1 Å². The van der Waals surface area contributed by atoms with Gasteiger partial charge in [-0.2, -0.15) is 0 Å². The zero-order valence-electron chi connectivity index (χ0n) is 37.7. The molecule has 3 saturated heterocycles. The highest BCUT2D eigenvalue weighted by Crippen LogP contribution is 2.45. The third-order valence-electron chi connectivity index (χ3n) is 13.8. The third-order valence-corrected chi connectivity index (χ3v) is 13.8. The van der Waals surface area contributed by atoms with E-state index in [1.54, 1.807) is 47.7 Å². The standard InChI is InChI=1S/C46H68FN3O10/c1-13-34-45(9)37(50(42(55)60-45)24-16-15-19-31-20-17-21-32-22-18-23-48-35(31)32)29(5)36(51)27(3)26-43(7,56-12)40(30(6)38(52)44(8,47)41(54)57-34)59-46(10)39(53)33(49(11)14-2)25-28(4)58-46/h17-18,20-23,27-30,33-34,37,39-40,53H,13-16,19,24-26H2,1-12H3/t27-,28-,29+,30+,33+,34-,37-,39-,40-,43-,44+,45-,46+/m1/s1. The van der Waals surface area contributed by atoms with Gasteiger partial charge in [0.15, 0.2) is 17.2 Å². The number of amides is 1. The lowest BCUT2D eigenvalue weighted by atomic mass is 9.73. The number of aliphatic hydroxyl groups excluding tert-OH is 1. The average molecular weight is 842 g/mol. The maximum atomic E-state index is 17.0. The molecule has 0 bridgehead atoms. The predicted octanol–water partition coefficient (Wildman–Crippen LogP) is 6.63. The fourth-order valence-electron chi connectivity index (χ4n) is 10.2. The molecule has 14 heteroatoms. The first-order valence-electron chi connectivity index (χ1n) is 21.7. The fraction of sp³-hybridized carbons (Fsp3) is 0.717. The van der Waals surface area contributed by atoms with Gasteiger partial charge in [-0.25, -0.2) is 14.0 Å². The summed E-state index contributed by atoms with van der Waals surface area (Å²) < 4.78 is 48.2. The number of likely N-dealkylation sites (N-methyl/N-ethyl adjacent to an activating group) is 1. The van der Waals surface area contributed by atoms with Crippen molar-refractivity contribution in [3.63, 3.8) is 0 Å². The smallest absolute Gasteiger partial charge is 0.410 e. The molecule has 2 aromatic rings. The van der Waals surface area contributed by atoms with E-state index in [1.165, 1.54) is 18.9 Å². The monoisotopic (exact) mass is 841 g/mol. The Hall–Kier alpha value is -3.56. The lowest BCUT2D eigenvalue weighted by Gasteiger charge is -2.52. The Morgan fingerprint density at radius 1 is 1.00 bits per heavy atom. The van der Waals surface area contributed by atoms with Crippen molar-refractivity contribution in [2.75, 3.05) is 27.2 Å². The summed E-state index contributed by atoms with van der Waals surface area (Å²) in [4.78, 5) is 65.2. The molecule has 1 aromatic heterocycles. The van der Waals surface area contributed by atoms with Gasteiger partial charge in [-0.15, -0.1) is 0 Å². The molecule has 3 aliphatic heterocycles. The number of aliphatic hydroxyl groups is 1. The number of methoxy groups -OCH3 is 1. The van der Waals surface area contributed by atoms with Crippen LogP contribution in [0.25, 0.3) is 10.9 Å². The van der Waals surface area contributed by atoms with Crippen LogP contribution in [0.4, 0.5) is 9.18 Å². The van der Waals surface area contributed by atoms with Gasteiger partial charge in [-0.05, 0) is 98.4 Å². The molecule has 0 radical (unpaired) electrons. The predicted molar refractivity (Wildman–Crippen MR) is 224 cm³/mol. The average Bonchev–Trinajstić information content (AvgIpc) is 3.48. The molecule has 0 unspecified atom stereocenters. The largest absolute Gasteiger partial charge is 0.455 e. The van der Waals surface area contributed by atoms with Crippen LogP contribution in [0.3, 0.4) is 0 Å². The Labute approximate surface area is 355 Å². The van der Waals surface area contributed by atoms with Gasteiger partial charge in [-0.1, -0.05) is 58.9 Å². The van der Waals surface area contributed by atoms with E-state index in [0.29, 0.717) is 32.2 Å². The van der Waals surface area contributed by atoms with Crippen molar-refractivity contribution in [3.8, 4) is 0 Å². The molecular weight excluding hydrogens is 774 g/mol. The van der Waals surface area contributed by atoms with E-state index in [-0.39, 0.29) is 37.3 Å². The number of nitrogens with zero attached hydrogens (tertiary/aromatic N) is 3. The van der Waals surface area contributed by atoms with E-state index < -0.39 is 82.6 Å². The molecule has 60 heavy (non-hydrogen) atoms. The summed E-state index contributed by atoms with van der Waals surface area (Å²) in [6, 6.07) is 8.66. The van der Waals surface area contributed by atoms with Gasteiger partial charge in [0.25, 0.3) is 5.67 Å². The maximum Gasteiger partial charge on any atom is 0.410 e. The van der Waals surface area contributed by atoms with Crippen molar-refractivity contribution in [2.45, 2.75) is 167 Å². The molecule has 1 amide bonds. The molecule has 1 aromatic carbocycles. The molecule has 13 atom stereocenters. The van der Waals surface area contributed by atoms with Gasteiger partial charge in [0.2, 0.25) is 0 Å². The quantitative estimate of drug-likeness (QED) is 0.147. The second-order valence-corrected chi connectivity index (χ2v) is 18.2. The molecule has 0 saturated carbocycles. The number of carbonyl (C=O) groups is 4. The second kappa shape index (κ2) is 18.4. The number of halogens is 1. The van der Waals surface area contributed by atoms with Crippen molar-refractivity contribution in [1.29, 1.82) is 0 Å². The Kier molecular flexibility index (Phi) is 14.6. The third kappa shape index (κ3) is 9.00. The van der Waals surface area contributed by atoms with Crippen LogP contribution in [-0.2, 0) is 44.5 Å². The highest BCUT2D eigenvalue weighted by atomic mass is 19.1. The number of pyridine rings is 1. The minimum atomic E-state index is -3.18. The number of unbranched alkanes of at least 4 members (excludes halogenated alkanes) is 1. The topological polar surface area (TPSA) is 154 Å². The Morgan fingerprint density at radius 3 is 2.33 bits per heavy atom. The van der Waals surface area contributed by atoms with Crippen LogP contribution < -0.4 is 0 Å².